The maximum atomic E-state index is 11.2. The Morgan fingerprint density at radius 1 is 1.35 bits per heavy atom. The Morgan fingerprint density at radius 3 is 2.35 bits per heavy atom. The number of nitriles is 1. The fourth-order valence-electron chi connectivity index (χ4n) is 1.34. The molecular weight excluding hydrogens is 214 g/mol. The van der Waals surface area contributed by atoms with Crippen LogP contribution in [0, 0.1) is 17.2 Å². The number of carbonyl (C=O) groups excluding carboxylic acids is 1. The van der Waals surface area contributed by atoms with Crippen molar-refractivity contribution in [1.29, 1.82) is 5.26 Å². The van der Waals surface area contributed by atoms with Crippen LogP contribution in [-0.4, -0.2) is 13.1 Å². The van der Waals surface area contributed by atoms with E-state index in [1.807, 2.05) is 19.9 Å². The number of rotatable bonds is 3. The second-order valence-electron chi connectivity index (χ2n) is 3.98. The van der Waals surface area contributed by atoms with E-state index in [9.17, 15) is 4.79 Å². The third-order valence-electron chi connectivity index (χ3n) is 2.41. The number of ether oxygens (including phenoxy) is 1. The normalized spacial score (nSPS) is 11.1. The second kappa shape index (κ2) is 5.86. The first-order chi connectivity index (χ1) is 8.08. The van der Waals surface area contributed by atoms with E-state index in [0.29, 0.717) is 5.56 Å². The summed E-state index contributed by atoms with van der Waals surface area (Å²) in [4.78, 5) is 11.2. The van der Waals surface area contributed by atoms with Gasteiger partial charge in [0.2, 0.25) is 0 Å². The van der Waals surface area contributed by atoms with E-state index in [1.54, 1.807) is 24.3 Å². The molecule has 17 heavy (non-hydrogen) atoms. The molecule has 0 unspecified atom stereocenters. The molecule has 0 fully saturated rings. The highest BCUT2D eigenvalue weighted by molar-refractivity contribution is 5.89. The van der Waals surface area contributed by atoms with Gasteiger partial charge in [-0.15, -0.1) is 0 Å². The van der Waals surface area contributed by atoms with Crippen molar-refractivity contribution in [3.63, 3.8) is 0 Å². The Bertz CT molecular complexity index is 464. The maximum Gasteiger partial charge on any atom is 0.337 e. The van der Waals surface area contributed by atoms with E-state index in [1.165, 1.54) is 7.11 Å². The average molecular weight is 229 g/mol. The van der Waals surface area contributed by atoms with E-state index in [2.05, 4.69) is 10.8 Å². The van der Waals surface area contributed by atoms with Gasteiger partial charge in [-0.2, -0.15) is 5.26 Å². The van der Waals surface area contributed by atoms with Gasteiger partial charge in [0.1, 0.15) is 0 Å². The van der Waals surface area contributed by atoms with Gasteiger partial charge in [0.25, 0.3) is 0 Å². The lowest BCUT2D eigenvalue weighted by Gasteiger charge is -2.03. The summed E-state index contributed by atoms with van der Waals surface area (Å²) in [5, 5.41) is 8.95. The molecule has 3 heteroatoms. The van der Waals surface area contributed by atoms with Gasteiger partial charge in [-0.3, -0.25) is 0 Å². The van der Waals surface area contributed by atoms with Crippen molar-refractivity contribution < 1.29 is 9.53 Å². The third kappa shape index (κ3) is 3.46. The minimum Gasteiger partial charge on any atom is -0.465 e. The summed E-state index contributed by atoms with van der Waals surface area (Å²) in [7, 11) is 1.35. The van der Waals surface area contributed by atoms with Crippen molar-refractivity contribution >= 4 is 12.0 Å². The molecule has 0 spiro atoms. The van der Waals surface area contributed by atoms with E-state index in [0.717, 1.165) is 11.1 Å². The van der Waals surface area contributed by atoms with Crippen LogP contribution in [0.25, 0.3) is 6.08 Å². The van der Waals surface area contributed by atoms with Gasteiger partial charge in [0.15, 0.2) is 0 Å². The molecule has 3 nitrogen and oxygen atoms in total. The van der Waals surface area contributed by atoms with Crippen LogP contribution in [-0.2, 0) is 4.74 Å². The van der Waals surface area contributed by atoms with Crippen LogP contribution in [0.2, 0.25) is 0 Å². The van der Waals surface area contributed by atoms with E-state index < -0.39 is 0 Å². The molecule has 0 aromatic heterocycles. The van der Waals surface area contributed by atoms with Gasteiger partial charge < -0.3 is 4.74 Å². The van der Waals surface area contributed by atoms with Crippen LogP contribution >= 0.6 is 0 Å². The van der Waals surface area contributed by atoms with Crippen molar-refractivity contribution in [2.24, 2.45) is 5.92 Å². The maximum absolute atomic E-state index is 11.2. The van der Waals surface area contributed by atoms with Crippen LogP contribution in [0.4, 0.5) is 0 Å². The number of hydrogen-bond acceptors (Lipinski definition) is 3. The summed E-state index contributed by atoms with van der Waals surface area (Å²) < 4.78 is 4.61. The molecule has 0 aliphatic carbocycles. The summed E-state index contributed by atoms with van der Waals surface area (Å²) >= 11 is 0. The summed E-state index contributed by atoms with van der Waals surface area (Å²) in [5.74, 6) is -0.162. The number of carbonyl (C=O) groups is 1. The predicted octanol–water partition coefficient (Wildman–Crippen LogP) is 3.04. The lowest BCUT2D eigenvalue weighted by Crippen LogP contribution is -2.00. The van der Waals surface area contributed by atoms with E-state index in [4.69, 9.17) is 5.26 Å². The predicted molar refractivity (Wildman–Crippen MR) is 66.2 cm³/mol. The van der Waals surface area contributed by atoms with Crippen LogP contribution in [0.15, 0.2) is 29.8 Å². The molecule has 0 bridgehead atoms. The SMILES string of the molecule is COC(=O)c1ccc(/C=C(\C#N)C(C)C)cc1. The lowest BCUT2D eigenvalue weighted by molar-refractivity contribution is 0.0601. The standard InChI is InChI=1S/C14H15NO2/c1-10(2)13(9-15)8-11-4-6-12(7-5-11)14(16)17-3/h4-8,10H,1-3H3/b13-8+. The number of nitrogens with zero attached hydrogens (tertiary/aromatic N) is 1. The molecule has 0 N–H and O–H groups in total. The van der Waals surface area contributed by atoms with Crippen LogP contribution in [0.1, 0.15) is 29.8 Å². The summed E-state index contributed by atoms with van der Waals surface area (Å²) in [5.41, 5.74) is 2.13. The van der Waals surface area contributed by atoms with Gasteiger partial charge in [0.05, 0.1) is 18.7 Å². The van der Waals surface area contributed by atoms with Crippen molar-refractivity contribution in [2.75, 3.05) is 7.11 Å². The molecule has 0 atom stereocenters. The largest absolute Gasteiger partial charge is 0.465 e. The smallest absolute Gasteiger partial charge is 0.337 e. The summed E-state index contributed by atoms with van der Waals surface area (Å²) in [6, 6.07) is 9.14. The lowest BCUT2D eigenvalue weighted by atomic mass is 10.0. The van der Waals surface area contributed by atoms with Crippen molar-refractivity contribution in [3.05, 3.63) is 41.0 Å². The molecule has 88 valence electrons. The third-order valence-corrected chi connectivity index (χ3v) is 2.41. The Morgan fingerprint density at radius 2 is 1.94 bits per heavy atom. The second-order valence-corrected chi connectivity index (χ2v) is 3.98. The Labute approximate surface area is 101 Å². The zero-order valence-corrected chi connectivity index (χ0v) is 10.2. The average Bonchev–Trinajstić information content (AvgIpc) is 2.35. The molecular formula is C14H15NO2. The van der Waals surface area contributed by atoms with Gasteiger partial charge in [-0.1, -0.05) is 26.0 Å². The summed E-state index contributed by atoms with van der Waals surface area (Å²) in [6.07, 6.45) is 1.83. The Hall–Kier alpha value is -2.08. The highest BCUT2D eigenvalue weighted by atomic mass is 16.5. The summed E-state index contributed by atoms with van der Waals surface area (Å²) in [6.45, 7) is 3.94. The topological polar surface area (TPSA) is 50.1 Å². The molecule has 0 amide bonds. The van der Waals surface area contributed by atoms with E-state index in [-0.39, 0.29) is 11.9 Å². The Balaban J connectivity index is 2.96. The molecule has 0 saturated heterocycles. The molecule has 1 aromatic carbocycles. The number of hydrogen-bond donors (Lipinski definition) is 0. The fourth-order valence-corrected chi connectivity index (χ4v) is 1.34. The number of benzene rings is 1. The molecule has 1 rings (SSSR count). The van der Waals surface area contributed by atoms with Gasteiger partial charge in [-0.05, 0) is 29.7 Å². The van der Waals surface area contributed by atoms with Crippen LogP contribution in [0.5, 0.6) is 0 Å². The highest BCUT2D eigenvalue weighted by Gasteiger charge is 2.05. The zero-order valence-electron chi connectivity index (χ0n) is 10.2. The van der Waals surface area contributed by atoms with Crippen molar-refractivity contribution in [1.82, 2.24) is 0 Å². The quantitative estimate of drug-likeness (QED) is 0.591. The minimum absolute atomic E-state index is 0.195. The Kier molecular flexibility index (Phi) is 4.47. The van der Waals surface area contributed by atoms with Crippen LogP contribution < -0.4 is 0 Å². The van der Waals surface area contributed by atoms with Crippen molar-refractivity contribution in [3.8, 4) is 6.07 Å². The number of methoxy groups -OCH3 is 1. The molecule has 0 heterocycles. The molecule has 0 radical (unpaired) electrons. The zero-order chi connectivity index (χ0) is 12.8. The van der Waals surface area contributed by atoms with Crippen LogP contribution in [0.3, 0.4) is 0 Å². The van der Waals surface area contributed by atoms with Gasteiger partial charge in [-0.25, -0.2) is 4.79 Å². The van der Waals surface area contributed by atoms with Gasteiger partial charge in [0, 0.05) is 5.57 Å². The molecule has 0 aliphatic heterocycles. The number of allylic oxidation sites excluding steroid dienone is 1. The van der Waals surface area contributed by atoms with E-state index >= 15 is 0 Å². The first kappa shape index (κ1) is 13.0. The van der Waals surface area contributed by atoms with Gasteiger partial charge >= 0.3 is 5.97 Å². The molecule has 0 aliphatic rings. The number of esters is 1. The highest BCUT2D eigenvalue weighted by Crippen LogP contribution is 2.14. The van der Waals surface area contributed by atoms with Crippen molar-refractivity contribution in [2.45, 2.75) is 13.8 Å². The first-order valence-corrected chi connectivity index (χ1v) is 5.38. The molecule has 0 saturated carbocycles. The fraction of sp³-hybridized carbons (Fsp3) is 0.286. The first-order valence-electron chi connectivity index (χ1n) is 5.38. The minimum atomic E-state index is -0.357. The molecule has 1 aromatic rings. The monoisotopic (exact) mass is 229 g/mol.